The first-order valence-corrected chi connectivity index (χ1v) is 25.3. The van der Waals surface area contributed by atoms with Gasteiger partial charge in [-0.3, -0.25) is 4.79 Å². The number of anilines is 2. The van der Waals surface area contributed by atoms with Gasteiger partial charge in [0.05, 0.1) is 5.70 Å². The van der Waals surface area contributed by atoms with Crippen molar-refractivity contribution in [1.82, 2.24) is 15.5 Å². The fraction of sp³-hybridized carbons (Fsp3) is 0.544. The lowest BCUT2D eigenvalue weighted by atomic mass is 9.69. The number of carbonyl (C=O) groups is 3. The van der Waals surface area contributed by atoms with E-state index in [1.54, 1.807) is 12.1 Å². The van der Waals surface area contributed by atoms with Crippen LogP contribution in [-0.4, -0.2) is 82.5 Å². The van der Waals surface area contributed by atoms with Crippen molar-refractivity contribution in [2.24, 2.45) is 22.7 Å². The predicted octanol–water partition coefficient (Wildman–Crippen LogP) is 12.1. The molecule has 6 rings (SSSR count). The van der Waals surface area contributed by atoms with Gasteiger partial charge >= 0.3 is 0 Å². The number of ketones is 1. The van der Waals surface area contributed by atoms with Crippen LogP contribution >= 0.6 is 0 Å². The minimum Gasteiger partial charge on any atom is -0.494 e. The number of hydrogen-bond acceptors (Lipinski definition) is 9. The molecule has 4 aliphatic rings. The molecule has 0 radical (unpaired) electrons. The summed E-state index contributed by atoms with van der Waals surface area (Å²) in [6.45, 7) is 31.2. The van der Waals surface area contributed by atoms with E-state index in [1.807, 2.05) is 67.9 Å². The quantitative estimate of drug-likeness (QED) is 0.0655. The zero-order valence-electron chi connectivity index (χ0n) is 43.7. The molecule has 0 aromatic heterocycles. The highest BCUT2D eigenvalue weighted by molar-refractivity contribution is 5.94. The van der Waals surface area contributed by atoms with Gasteiger partial charge in [0.15, 0.2) is 0 Å². The highest BCUT2D eigenvalue weighted by atomic mass is 19.1. The molecule has 1 saturated carbocycles. The molecule has 1 atom stereocenters. The number of piperidine rings is 2. The third-order valence-corrected chi connectivity index (χ3v) is 12.7. The number of aldehydes is 2. The first-order chi connectivity index (χ1) is 32.8. The molecule has 3 N–H and O–H groups in total. The summed E-state index contributed by atoms with van der Waals surface area (Å²) in [5, 5.41) is 9.29. The summed E-state index contributed by atoms with van der Waals surface area (Å²) in [5.41, 5.74) is 8.55. The Balaban J connectivity index is 0.000000425. The fourth-order valence-corrected chi connectivity index (χ4v) is 9.07. The number of ether oxygens (including phenoxy) is 1. The van der Waals surface area contributed by atoms with Crippen LogP contribution in [0.15, 0.2) is 107 Å². The van der Waals surface area contributed by atoms with E-state index in [1.165, 1.54) is 57.2 Å². The molecule has 376 valence electrons. The number of nitrogens with zero attached hydrogens (tertiary/aromatic N) is 3. The number of carbonyl (C=O) groups excluding carboxylic acids is 3. The lowest BCUT2D eigenvalue weighted by Crippen LogP contribution is -2.35. The summed E-state index contributed by atoms with van der Waals surface area (Å²) in [5.74, 6) is 3.83. The molecule has 0 spiro atoms. The maximum absolute atomic E-state index is 14.2. The Morgan fingerprint density at radius 1 is 0.985 bits per heavy atom. The second-order valence-corrected chi connectivity index (χ2v) is 17.7. The van der Waals surface area contributed by atoms with Crippen LogP contribution in [-0.2, 0) is 25.5 Å². The van der Waals surface area contributed by atoms with E-state index in [9.17, 15) is 18.8 Å². The average Bonchev–Trinajstić information content (AvgIpc) is 3.33. The van der Waals surface area contributed by atoms with Gasteiger partial charge in [-0.15, -0.1) is 0 Å². The van der Waals surface area contributed by atoms with Gasteiger partial charge in [-0.2, -0.15) is 0 Å². The van der Waals surface area contributed by atoms with Crippen LogP contribution in [0.4, 0.5) is 15.8 Å². The molecule has 10 nitrogen and oxygen atoms in total. The maximum atomic E-state index is 14.2. The second kappa shape index (κ2) is 32.5. The molecule has 0 bridgehead atoms. The highest BCUT2D eigenvalue weighted by Gasteiger charge is 2.31. The molecule has 0 amide bonds. The lowest BCUT2D eigenvalue weighted by molar-refractivity contribution is -0.116. The van der Waals surface area contributed by atoms with Crippen LogP contribution in [0.5, 0.6) is 0 Å². The lowest BCUT2D eigenvalue weighted by Gasteiger charge is -2.40. The molecule has 3 fully saturated rings. The summed E-state index contributed by atoms with van der Waals surface area (Å²) >= 11 is 0. The van der Waals surface area contributed by atoms with Crippen molar-refractivity contribution in [3.63, 3.8) is 0 Å². The topological polar surface area (TPSA) is 115 Å². The number of hydrogen-bond donors (Lipinski definition) is 3. The van der Waals surface area contributed by atoms with Gasteiger partial charge in [0.25, 0.3) is 0 Å². The molecule has 3 aliphatic heterocycles. The summed E-state index contributed by atoms with van der Waals surface area (Å²) in [6, 6.07) is 13.2. The van der Waals surface area contributed by atoms with Crippen LogP contribution < -0.4 is 20.9 Å². The molecule has 3 heterocycles. The van der Waals surface area contributed by atoms with Crippen molar-refractivity contribution < 1.29 is 23.5 Å². The monoisotopic (exact) mass is 939 g/mol. The third kappa shape index (κ3) is 19.0. The van der Waals surface area contributed by atoms with Crippen LogP contribution in [0.1, 0.15) is 137 Å². The summed E-state index contributed by atoms with van der Waals surface area (Å²) in [7, 11) is 3.75. The zero-order valence-corrected chi connectivity index (χ0v) is 43.7. The number of aliphatic imine (C=N–C) groups is 1. The van der Waals surface area contributed by atoms with Crippen LogP contribution in [0.2, 0.25) is 0 Å². The minimum atomic E-state index is -0.403. The van der Waals surface area contributed by atoms with Crippen molar-refractivity contribution >= 4 is 35.6 Å². The molecule has 68 heavy (non-hydrogen) atoms. The Bertz CT molecular complexity index is 2010. The van der Waals surface area contributed by atoms with E-state index in [0.29, 0.717) is 43.1 Å². The van der Waals surface area contributed by atoms with E-state index in [4.69, 9.17) is 4.74 Å². The van der Waals surface area contributed by atoms with E-state index in [0.717, 1.165) is 102 Å². The Morgan fingerprint density at radius 3 is 2.19 bits per heavy atom. The number of likely N-dealkylation sites (tertiary alicyclic amines) is 1. The molecule has 11 heteroatoms. The first kappa shape index (κ1) is 58.8. The Hall–Kier alpha value is -5.29. The van der Waals surface area contributed by atoms with Crippen molar-refractivity contribution in [3.05, 3.63) is 119 Å². The van der Waals surface area contributed by atoms with E-state index in [2.05, 4.69) is 82.0 Å². The van der Waals surface area contributed by atoms with Gasteiger partial charge < -0.3 is 40.1 Å². The van der Waals surface area contributed by atoms with Crippen molar-refractivity contribution in [2.45, 2.75) is 132 Å². The van der Waals surface area contributed by atoms with E-state index < -0.39 is 5.82 Å². The average molecular weight is 939 g/mol. The first-order valence-electron chi connectivity index (χ1n) is 25.3. The Kier molecular flexibility index (Phi) is 28.1. The molecular formula is C57H87FN6O4. The number of rotatable bonds is 16. The molecule has 2 aromatic carbocycles. The normalized spacial score (nSPS) is 19.5. The van der Waals surface area contributed by atoms with Gasteiger partial charge in [-0.25, -0.2) is 9.38 Å². The van der Waals surface area contributed by atoms with Crippen LogP contribution in [0.3, 0.4) is 0 Å². The highest BCUT2D eigenvalue weighted by Crippen LogP contribution is 2.42. The smallest absolute Gasteiger partial charge is 0.134 e. The van der Waals surface area contributed by atoms with Crippen molar-refractivity contribution in [2.75, 3.05) is 63.6 Å². The van der Waals surface area contributed by atoms with Crippen molar-refractivity contribution in [1.29, 1.82) is 0 Å². The molecule has 2 aromatic rings. The largest absolute Gasteiger partial charge is 0.494 e. The number of halogens is 1. The maximum Gasteiger partial charge on any atom is 0.134 e. The number of Topliss-reactive ketones (excluding diaryl/α,β-unsaturated/α-hetero) is 1. The number of allylic oxidation sites excluding steroid dienone is 3. The number of amidine groups is 1. The third-order valence-electron chi connectivity index (χ3n) is 12.7. The van der Waals surface area contributed by atoms with Gasteiger partial charge in [-0.05, 0) is 163 Å². The number of nitrogens with one attached hydrogen (secondary N) is 3. The predicted molar refractivity (Wildman–Crippen MR) is 285 cm³/mol. The summed E-state index contributed by atoms with van der Waals surface area (Å²) in [6.07, 6.45) is 15.9. The Labute approximate surface area is 410 Å². The van der Waals surface area contributed by atoms with Crippen LogP contribution in [0.25, 0.3) is 0 Å². The molecule has 1 unspecified atom stereocenters. The number of benzene rings is 2. The van der Waals surface area contributed by atoms with E-state index >= 15 is 0 Å². The molecule has 2 saturated heterocycles. The minimum absolute atomic E-state index is 0.0713. The molecule has 1 aliphatic carbocycles. The molecular weight excluding hydrogens is 852 g/mol. The summed E-state index contributed by atoms with van der Waals surface area (Å²) in [4.78, 5) is 42.3. The Morgan fingerprint density at radius 2 is 1.65 bits per heavy atom. The standard InChI is InChI=1S/C28H35FN4O2.C23H33NO2.C2H7N.2C2H6/c1-7-27(20(4)28-21(5)35-13-11-30-28)33-12-10-24(18(2)17-33)16-31-22(6)32-25-9-8-23(14-19(3)34)26(29)15-25;1-2-18-14-20(15-18)16-19-9-11-24(12-10-19)23-7-5-21(6-8-23)22(17-26)4-3-13-25;1-3-2;2*1-2/h7-9,15-16,30H,1-2,10-14,17H2,3-6H3,(H,31,32);5-8,13,17-20,22H,2-4,9-12,14-16H2,1H3;3H,1-2H3;2*1-2H3/b24-16-,27-20+;;;;. The SMILES string of the molecule is C=C/C(=C(/C)C1=C(C)OCCN1)N1CC/C(=C/N=C(C)Nc2ccc(CC(C)=O)c(F)c2)C(=C)C1.CC.CC.CCC1CC(CC2CCN(c3ccc(C(C=O)CCC=O)cc3)CC2)C1.CNC. The fourth-order valence-electron chi connectivity index (χ4n) is 9.07. The van der Waals surface area contributed by atoms with Gasteiger partial charge in [0, 0.05) is 74.8 Å². The van der Waals surface area contributed by atoms with Crippen molar-refractivity contribution in [3.8, 4) is 0 Å². The van der Waals surface area contributed by atoms with Crippen LogP contribution in [0, 0.1) is 23.6 Å². The van der Waals surface area contributed by atoms with Gasteiger partial charge in [0.1, 0.15) is 42.4 Å². The van der Waals surface area contributed by atoms with Gasteiger partial charge in [0.2, 0.25) is 0 Å². The van der Waals surface area contributed by atoms with E-state index in [-0.39, 0.29) is 18.1 Å². The summed E-state index contributed by atoms with van der Waals surface area (Å²) < 4.78 is 19.9. The van der Waals surface area contributed by atoms with Gasteiger partial charge in [-0.1, -0.05) is 72.4 Å². The second-order valence-electron chi connectivity index (χ2n) is 17.7. The zero-order chi connectivity index (χ0) is 50.6.